The number of amides is 2. The average Bonchev–Trinajstić information content (AvgIpc) is 2.98. The first-order valence-electron chi connectivity index (χ1n) is 8.78. The molecular formula is C18H21N3O4S. The van der Waals surface area contributed by atoms with Crippen molar-refractivity contribution in [1.82, 2.24) is 13.8 Å². The van der Waals surface area contributed by atoms with E-state index in [4.69, 9.17) is 4.74 Å². The normalized spacial score (nSPS) is 23.5. The minimum absolute atomic E-state index is 0.0604. The zero-order valence-electron chi connectivity index (χ0n) is 14.6. The minimum Gasteiger partial charge on any atom is -0.441 e. The first kappa shape index (κ1) is 17.1. The van der Waals surface area contributed by atoms with Crippen LogP contribution < -0.4 is 5.56 Å². The van der Waals surface area contributed by atoms with E-state index in [2.05, 4.69) is 0 Å². The number of carbonyl (C=O) groups excluding carboxylic acids is 2. The lowest BCUT2D eigenvalue weighted by Crippen LogP contribution is -2.38. The van der Waals surface area contributed by atoms with Crippen molar-refractivity contribution in [2.75, 3.05) is 26.7 Å². The van der Waals surface area contributed by atoms with Crippen LogP contribution in [0, 0.1) is 0 Å². The van der Waals surface area contributed by atoms with Gasteiger partial charge in [0.1, 0.15) is 12.1 Å². The van der Waals surface area contributed by atoms with Gasteiger partial charge < -0.3 is 14.5 Å². The predicted molar refractivity (Wildman–Crippen MR) is 98.4 cm³/mol. The SMILES string of the molecule is CN1CC2(CCCN(C(=O)Cn3sc4ccccc4c3=O)CC2)OC1=O. The van der Waals surface area contributed by atoms with Gasteiger partial charge in [0.25, 0.3) is 5.56 Å². The first-order valence-corrected chi connectivity index (χ1v) is 9.56. The molecule has 138 valence electrons. The molecule has 2 aromatic rings. The zero-order valence-corrected chi connectivity index (χ0v) is 15.5. The molecule has 1 aromatic carbocycles. The molecule has 0 aliphatic carbocycles. The van der Waals surface area contributed by atoms with Gasteiger partial charge in [-0.3, -0.25) is 13.5 Å². The van der Waals surface area contributed by atoms with Gasteiger partial charge in [-0.2, -0.15) is 0 Å². The highest BCUT2D eigenvalue weighted by Crippen LogP contribution is 2.32. The van der Waals surface area contributed by atoms with E-state index < -0.39 is 5.60 Å². The molecule has 0 bridgehead atoms. The number of ether oxygens (including phenoxy) is 1. The summed E-state index contributed by atoms with van der Waals surface area (Å²) in [7, 11) is 1.73. The van der Waals surface area contributed by atoms with Gasteiger partial charge in [0.15, 0.2) is 0 Å². The lowest BCUT2D eigenvalue weighted by Gasteiger charge is -2.25. The number of rotatable bonds is 2. The van der Waals surface area contributed by atoms with E-state index in [1.165, 1.54) is 15.5 Å². The summed E-state index contributed by atoms with van der Waals surface area (Å²) in [5, 5.41) is 0.654. The maximum absolute atomic E-state index is 12.7. The fourth-order valence-electron chi connectivity index (χ4n) is 3.81. The third-order valence-electron chi connectivity index (χ3n) is 5.22. The molecule has 3 heterocycles. The summed E-state index contributed by atoms with van der Waals surface area (Å²) in [6.07, 6.45) is 1.89. The predicted octanol–water partition coefficient (Wildman–Crippen LogP) is 1.90. The summed E-state index contributed by atoms with van der Waals surface area (Å²) in [6.45, 7) is 1.80. The molecule has 0 radical (unpaired) electrons. The van der Waals surface area contributed by atoms with Gasteiger partial charge in [-0.15, -0.1) is 0 Å². The van der Waals surface area contributed by atoms with Gasteiger partial charge in [0, 0.05) is 26.6 Å². The fourth-order valence-corrected chi connectivity index (χ4v) is 4.80. The van der Waals surface area contributed by atoms with Crippen molar-refractivity contribution in [3.63, 3.8) is 0 Å². The van der Waals surface area contributed by atoms with Crippen LogP contribution in [-0.4, -0.2) is 58.0 Å². The van der Waals surface area contributed by atoms with E-state index >= 15 is 0 Å². The third kappa shape index (κ3) is 2.98. The zero-order chi connectivity index (χ0) is 18.3. The van der Waals surface area contributed by atoms with Crippen molar-refractivity contribution in [1.29, 1.82) is 0 Å². The Labute approximate surface area is 154 Å². The summed E-state index contributed by atoms with van der Waals surface area (Å²) in [6, 6.07) is 7.40. The Hall–Kier alpha value is -2.35. The molecule has 2 fully saturated rings. The number of aromatic nitrogens is 1. The molecule has 0 N–H and O–H groups in total. The molecule has 8 heteroatoms. The molecule has 1 spiro atoms. The molecule has 0 saturated carbocycles. The molecule has 4 rings (SSSR count). The van der Waals surface area contributed by atoms with Crippen LogP contribution in [0.5, 0.6) is 0 Å². The van der Waals surface area contributed by atoms with E-state index in [9.17, 15) is 14.4 Å². The summed E-state index contributed by atoms with van der Waals surface area (Å²) >= 11 is 1.32. The second kappa shape index (κ2) is 6.42. The number of hydrogen-bond donors (Lipinski definition) is 0. The number of likely N-dealkylation sites (N-methyl/N-ethyl adjacent to an activating group) is 1. The lowest BCUT2D eigenvalue weighted by molar-refractivity contribution is -0.131. The van der Waals surface area contributed by atoms with Crippen LogP contribution in [0.2, 0.25) is 0 Å². The molecule has 2 aliphatic rings. The number of fused-ring (bicyclic) bond motifs is 1. The number of nitrogens with zero attached hydrogens (tertiary/aromatic N) is 3. The van der Waals surface area contributed by atoms with Crippen LogP contribution >= 0.6 is 11.5 Å². The first-order chi connectivity index (χ1) is 12.5. The molecule has 2 saturated heterocycles. The highest BCUT2D eigenvalue weighted by Gasteiger charge is 2.44. The molecule has 26 heavy (non-hydrogen) atoms. The summed E-state index contributed by atoms with van der Waals surface area (Å²) in [4.78, 5) is 40.3. The number of carbonyl (C=O) groups is 2. The van der Waals surface area contributed by atoms with Gasteiger partial charge in [-0.1, -0.05) is 23.7 Å². The summed E-state index contributed by atoms with van der Waals surface area (Å²) in [5.41, 5.74) is -0.591. The van der Waals surface area contributed by atoms with E-state index in [1.807, 2.05) is 18.2 Å². The van der Waals surface area contributed by atoms with Gasteiger partial charge in [0.2, 0.25) is 5.91 Å². The van der Waals surface area contributed by atoms with Crippen LogP contribution in [0.4, 0.5) is 4.79 Å². The van der Waals surface area contributed by atoms with Crippen molar-refractivity contribution < 1.29 is 14.3 Å². The number of benzene rings is 1. The molecule has 1 aromatic heterocycles. The monoisotopic (exact) mass is 375 g/mol. The average molecular weight is 375 g/mol. The Morgan fingerprint density at radius 3 is 2.77 bits per heavy atom. The van der Waals surface area contributed by atoms with Crippen LogP contribution in [0.15, 0.2) is 29.1 Å². The van der Waals surface area contributed by atoms with Crippen LogP contribution in [0.1, 0.15) is 19.3 Å². The Kier molecular flexibility index (Phi) is 4.22. The largest absolute Gasteiger partial charge is 0.441 e. The smallest absolute Gasteiger partial charge is 0.410 e. The second-order valence-electron chi connectivity index (χ2n) is 7.07. The summed E-state index contributed by atoms with van der Waals surface area (Å²) < 4.78 is 8.00. The van der Waals surface area contributed by atoms with Crippen molar-refractivity contribution in [3.05, 3.63) is 34.6 Å². The Morgan fingerprint density at radius 2 is 2.04 bits per heavy atom. The lowest BCUT2D eigenvalue weighted by atomic mass is 9.95. The quantitative estimate of drug-likeness (QED) is 0.804. The van der Waals surface area contributed by atoms with E-state index in [0.717, 1.165) is 17.5 Å². The second-order valence-corrected chi connectivity index (χ2v) is 8.13. The van der Waals surface area contributed by atoms with E-state index in [1.54, 1.807) is 22.9 Å². The van der Waals surface area contributed by atoms with Gasteiger partial charge in [0.05, 0.1) is 16.6 Å². The topological polar surface area (TPSA) is 71.8 Å². The number of likely N-dealkylation sites (tertiary alicyclic amines) is 1. The Balaban J connectivity index is 1.46. The minimum atomic E-state index is -0.477. The van der Waals surface area contributed by atoms with Crippen molar-refractivity contribution in [3.8, 4) is 0 Å². The Bertz CT molecular complexity index is 921. The van der Waals surface area contributed by atoms with E-state index in [0.29, 0.717) is 31.4 Å². The molecule has 2 aliphatic heterocycles. The van der Waals surface area contributed by atoms with Crippen LogP contribution in [-0.2, 0) is 16.1 Å². The highest BCUT2D eigenvalue weighted by molar-refractivity contribution is 7.13. The summed E-state index contributed by atoms with van der Waals surface area (Å²) in [5.74, 6) is -0.0617. The van der Waals surface area contributed by atoms with Crippen LogP contribution in [0.3, 0.4) is 0 Å². The highest BCUT2D eigenvalue weighted by atomic mass is 32.1. The molecule has 2 amide bonds. The maximum Gasteiger partial charge on any atom is 0.410 e. The van der Waals surface area contributed by atoms with Crippen molar-refractivity contribution >= 4 is 33.6 Å². The molecular weight excluding hydrogens is 354 g/mol. The van der Waals surface area contributed by atoms with Gasteiger partial charge in [-0.25, -0.2) is 4.79 Å². The molecule has 1 unspecified atom stereocenters. The standard InChI is InChI=1S/C18H21N3O4S/c1-19-12-18(25-17(19)24)7-4-9-20(10-8-18)15(22)11-21-16(23)13-5-2-3-6-14(13)26-21/h2-3,5-6H,4,7-12H2,1H3. The fraction of sp³-hybridized carbons (Fsp3) is 0.500. The van der Waals surface area contributed by atoms with Crippen molar-refractivity contribution in [2.24, 2.45) is 0 Å². The maximum atomic E-state index is 12.7. The van der Waals surface area contributed by atoms with Gasteiger partial charge in [-0.05, 0) is 25.0 Å². The molecule has 7 nitrogen and oxygen atoms in total. The van der Waals surface area contributed by atoms with Crippen LogP contribution in [0.25, 0.3) is 10.1 Å². The number of hydrogen-bond acceptors (Lipinski definition) is 5. The third-order valence-corrected chi connectivity index (χ3v) is 6.29. The molecule has 1 atom stereocenters. The van der Waals surface area contributed by atoms with Crippen molar-refractivity contribution in [2.45, 2.75) is 31.4 Å². The Morgan fingerprint density at radius 1 is 1.23 bits per heavy atom. The van der Waals surface area contributed by atoms with Gasteiger partial charge >= 0.3 is 6.09 Å². The van der Waals surface area contributed by atoms with E-state index in [-0.39, 0.29) is 24.1 Å².